The minimum atomic E-state index is -0.463. The molecule has 2 saturated heterocycles. The molecule has 0 saturated carbocycles. The molecule has 6 nitrogen and oxygen atoms in total. The lowest BCUT2D eigenvalue weighted by molar-refractivity contribution is -0.138. The van der Waals surface area contributed by atoms with Crippen molar-refractivity contribution < 1.29 is 19.4 Å². The lowest BCUT2D eigenvalue weighted by atomic mass is 9.96. The summed E-state index contributed by atoms with van der Waals surface area (Å²) < 4.78 is 11.7. The number of fused-ring (bicyclic) bond motifs is 2. The predicted octanol–water partition coefficient (Wildman–Crippen LogP) is 0.557. The van der Waals surface area contributed by atoms with E-state index in [2.05, 4.69) is 34.9 Å². The van der Waals surface area contributed by atoms with E-state index < -0.39 is 6.10 Å². The van der Waals surface area contributed by atoms with E-state index in [-0.39, 0.29) is 30.2 Å². The first-order chi connectivity index (χ1) is 12.7. The average molecular weight is 360 g/mol. The number of carbonyl (C=O) groups is 1. The standard InChI is InChI=1S/C20H28N2O4/c23-16-10-21-18-6-5-17(26-19(18)12-25-11-16)9-20(24)22-15-7-13-3-1-2-4-14(13)8-15/h1-4,15-19,21,23H,5-12H2,(H,22,24)/t16-,17-,18+,19-/m1/s1. The van der Waals surface area contributed by atoms with Crippen LogP contribution in [0.1, 0.15) is 30.4 Å². The molecule has 0 spiro atoms. The number of aliphatic hydroxyl groups excluding tert-OH is 1. The monoisotopic (exact) mass is 360 g/mol. The fraction of sp³-hybridized carbons (Fsp3) is 0.650. The number of β-amino-alcohol motifs (C(OH)–C–C–N with tert-alkyl or cyclic N) is 1. The Bertz CT molecular complexity index is 613. The van der Waals surface area contributed by atoms with Gasteiger partial charge in [0.15, 0.2) is 0 Å². The van der Waals surface area contributed by atoms with E-state index in [0.717, 1.165) is 25.7 Å². The van der Waals surface area contributed by atoms with Crippen molar-refractivity contribution in [2.24, 2.45) is 0 Å². The summed E-state index contributed by atoms with van der Waals surface area (Å²) in [6.45, 7) is 1.32. The van der Waals surface area contributed by atoms with Crippen LogP contribution < -0.4 is 10.6 Å². The van der Waals surface area contributed by atoms with E-state index in [1.54, 1.807) is 0 Å². The fourth-order valence-corrected chi connectivity index (χ4v) is 4.32. The van der Waals surface area contributed by atoms with Gasteiger partial charge in [-0.15, -0.1) is 0 Å². The molecule has 1 aromatic carbocycles. The van der Waals surface area contributed by atoms with E-state index in [0.29, 0.717) is 26.2 Å². The molecule has 3 aliphatic rings. The van der Waals surface area contributed by atoms with Gasteiger partial charge >= 0.3 is 0 Å². The summed E-state index contributed by atoms with van der Waals surface area (Å²) in [5.74, 6) is 0.0707. The van der Waals surface area contributed by atoms with Crippen LogP contribution in [0.4, 0.5) is 0 Å². The van der Waals surface area contributed by atoms with Crippen LogP contribution in [0.15, 0.2) is 24.3 Å². The Kier molecular flexibility index (Phi) is 5.55. The smallest absolute Gasteiger partial charge is 0.222 e. The van der Waals surface area contributed by atoms with Crippen LogP contribution >= 0.6 is 0 Å². The zero-order valence-electron chi connectivity index (χ0n) is 15.0. The van der Waals surface area contributed by atoms with Crippen molar-refractivity contribution in [3.63, 3.8) is 0 Å². The molecule has 2 fully saturated rings. The van der Waals surface area contributed by atoms with Gasteiger partial charge in [0.2, 0.25) is 5.91 Å². The maximum absolute atomic E-state index is 12.5. The topological polar surface area (TPSA) is 79.8 Å². The fourth-order valence-electron chi connectivity index (χ4n) is 4.32. The third kappa shape index (κ3) is 4.26. The molecule has 2 aliphatic heterocycles. The van der Waals surface area contributed by atoms with Crippen molar-refractivity contribution in [1.82, 2.24) is 10.6 Å². The number of hydrogen-bond acceptors (Lipinski definition) is 5. The van der Waals surface area contributed by atoms with Crippen molar-refractivity contribution in [1.29, 1.82) is 0 Å². The summed E-state index contributed by atoms with van der Waals surface area (Å²) in [5, 5.41) is 16.2. The number of hydrogen-bond donors (Lipinski definition) is 3. The summed E-state index contributed by atoms with van der Waals surface area (Å²) in [4.78, 5) is 12.5. The first-order valence-corrected chi connectivity index (χ1v) is 9.68. The summed E-state index contributed by atoms with van der Waals surface area (Å²) in [7, 11) is 0. The van der Waals surface area contributed by atoms with E-state index >= 15 is 0 Å². The molecule has 1 aliphatic carbocycles. The summed E-state index contributed by atoms with van der Waals surface area (Å²) in [6, 6.07) is 8.78. The van der Waals surface area contributed by atoms with Gasteiger partial charge in [0.1, 0.15) is 0 Å². The number of rotatable bonds is 3. The molecule has 3 N–H and O–H groups in total. The minimum Gasteiger partial charge on any atom is -0.389 e. The van der Waals surface area contributed by atoms with Gasteiger partial charge in [0, 0.05) is 18.6 Å². The SMILES string of the molecule is O=C(C[C@H]1CC[C@@H]2NC[C@@H](O)COC[C@H]2O1)NC1Cc2ccccc2C1. The van der Waals surface area contributed by atoms with Gasteiger partial charge in [-0.25, -0.2) is 0 Å². The lowest BCUT2D eigenvalue weighted by Gasteiger charge is -2.38. The highest BCUT2D eigenvalue weighted by atomic mass is 16.5. The Morgan fingerprint density at radius 2 is 1.96 bits per heavy atom. The molecule has 0 radical (unpaired) electrons. The van der Waals surface area contributed by atoms with Crippen LogP contribution in [0.2, 0.25) is 0 Å². The number of nitrogens with one attached hydrogen (secondary N) is 2. The zero-order chi connectivity index (χ0) is 17.9. The third-order valence-electron chi connectivity index (χ3n) is 5.65. The van der Waals surface area contributed by atoms with Crippen LogP contribution in [-0.4, -0.2) is 61.2 Å². The van der Waals surface area contributed by atoms with Crippen molar-refractivity contribution >= 4 is 5.91 Å². The number of ether oxygens (including phenoxy) is 2. The van der Waals surface area contributed by atoms with Crippen molar-refractivity contribution in [3.8, 4) is 0 Å². The van der Waals surface area contributed by atoms with Crippen molar-refractivity contribution in [2.75, 3.05) is 19.8 Å². The molecular formula is C20H28N2O4. The van der Waals surface area contributed by atoms with Gasteiger partial charge in [-0.05, 0) is 36.8 Å². The number of carbonyl (C=O) groups excluding carboxylic acids is 1. The molecule has 0 bridgehead atoms. The van der Waals surface area contributed by atoms with Crippen LogP contribution in [0, 0.1) is 0 Å². The van der Waals surface area contributed by atoms with Gasteiger partial charge in [-0.3, -0.25) is 4.79 Å². The average Bonchev–Trinajstić information content (AvgIpc) is 3.01. The number of aliphatic hydroxyl groups is 1. The molecule has 1 amide bonds. The Balaban J connectivity index is 1.25. The van der Waals surface area contributed by atoms with Gasteiger partial charge in [-0.1, -0.05) is 24.3 Å². The molecular weight excluding hydrogens is 332 g/mol. The first kappa shape index (κ1) is 17.9. The van der Waals surface area contributed by atoms with Gasteiger partial charge < -0.3 is 25.2 Å². The second-order valence-corrected chi connectivity index (χ2v) is 7.73. The molecule has 2 heterocycles. The first-order valence-electron chi connectivity index (χ1n) is 9.68. The number of amides is 1. The molecule has 142 valence electrons. The molecule has 1 aromatic rings. The second-order valence-electron chi connectivity index (χ2n) is 7.73. The molecule has 26 heavy (non-hydrogen) atoms. The normalized spacial score (nSPS) is 32.2. The van der Waals surface area contributed by atoms with Crippen LogP contribution in [0.3, 0.4) is 0 Å². The molecule has 0 unspecified atom stereocenters. The maximum atomic E-state index is 12.5. The number of benzene rings is 1. The van der Waals surface area contributed by atoms with E-state index in [4.69, 9.17) is 9.47 Å². The molecule has 4 rings (SSSR count). The second kappa shape index (κ2) is 8.05. The molecule has 6 heteroatoms. The van der Waals surface area contributed by atoms with Crippen LogP contribution in [0.25, 0.3) is 0 Å². The highest BCUT2D eigenvalue weighted by Crippen LogP contribution is 2.25. The van der Waals surface area contributed by atoms with E-state index in [1.807, 2.05) is 0 Å². The van der Waals surface area contributed by atoms with Gasteiger partial charge in [0.25, 0.3) is 0 Å². The van der Waals surface area contributed by atoms with Gasteiger partial charge in [-0.2, -0.15) is 0 Å². The summed E-state index contributed by atoms with van der Waals surface area (Å²) in [5.41, 5.74) is 2.68. The Labute approximate surface area is 154 Å². The molecule has 4 atom stereocenters. The summed E-state index contributed by atoms with van der Waals surface area (Å²) in [6.07, 6.45) is 3.44. The third-order valence-corrected chi connectivity index (χ3v) is 5.65. The Morgan fingerprint density at radius 3 is 2.73 bits per heavy atom. The Morgan fingerprint density at radius 1 is 1.19 bits per heavy atom. The van der Waals surface area contributed by atoms with Gasteiger partial charge in [0.05, 0.1) is 37.9 Å². The highest BCUT2D eigenvalue weighted by molar-refractivity contribution is 5.77. The maximum Gasteiger partial charge on any atom is 0.222 e. The van der Waals surface area contributed by atoms with E-state index in [1.165, 1.54) is 11.1 Å². The minimum absolute atomic E-state index is 0.0511. The van der Waals surface area contributed by atoms with Crippen molar-refractivity contribution in [3.05, 3.63) is 35.4 Å². The lowest BCUT2D eigenvalue weighted by Crippen LogP contribution is -2.54. The largest absolute Gasteiger partial charge is 0.389 e. The van der Waals surface area contributed by atoms with Crippen LogP contribution in [0.5, 0.6) is 0 Å². The van der Waals surface area contributed by atoms with Crippen LogP contribution in [-0.2, 0) is 27.1 Å². The quantitative estimate of drug-likeness (QED) is 0.734. The Hall–Kier alpha value is -1.47. The molecule has 0 aromatic heterocycles. The highest BCUT2D eigenvalue weighted by Gasteiger charge is 2.34. The van der Waals surface area contributed by atoms with E-state index in [9.17, 15) is 9.90 Å². The zero-order valence-corrected chi connectivity index (χ0v) is 15.0. The van der Waals surface area contributed by atoms with Crippen molar-refractivity contribution in [2.45, 2.75) is 62.5 Å². The summed E-state index contributed by atoms with van der Waals surface area (Å²) >= 11 is 0. The predicted molar refractivity (Wildman–Crippen MR) is 96.9 cm³/mol.